The average molecular weight is 357 g/mol. The highest BCUT2D eigenvalue weighted by Gasteiger charge is 2.32. The normalized spacial score (nSPS) is 14.7. The molecule has 2 aromatic carbocycles. The molecule has 4 heteroatoms. The Bertz CT molecular complexity index is 743. The van der Waals surface area contributed by atoms with Crippen LogP contribution >= 0.6 is 0 Å². The topological polar surface area (TPSA) is 47.6 Å². The molecule has 0 aliphatic rings. The molecule has 0 bridgehead atoms. The van der Waals surface area contributed by atoms with Crippen molar-refractivity contribution in [2.45, 2.75) is 65.6 Å². The number of amides is 1. The Kier molecular flexibility index (Phi) is 7.04. The fourth-order valence-electron chi connectivity index (χ4n) is 2.69. The van der Waals surface area contributed by atoms with Gasteiger partial charge in [0.05, 0.1) is 6.10 Å². The van der Waals surface area contributed by atoms with E-state index in [4.69, 9.17) is 9.47 Å². The molecule has 26 heavy (non-hydrogen) atoms. The zero-order chi connectivity index (χ0) is 19.2. The van der Waals surface area contributed by atoms with Crippen LogP contribution in [0.1, 0.15) is 53.9 Å². The third kappa shape index (κ3) is 4.55. The van der Waals surface area contributed by atoms with E-state index in [-0.39, 0.29) is 12.0 Å². The smallest absolute Gasteiger partial charge is 0.256 e. The molecule has 0 spiro atoms. The van der Waals surface area contributed by atoms with E-state index in [9.17, 15) is 4.79 Å². The van der Waals surface area contributed by atoms with E-state index >= 15 is 0 Å². The number of ether oxygens (including phenoxy) is 2. The second-order valence-corrected chi connectivity index (χ2v) is 6.88. The molecule has 0 aliphatic heterocycles. The molecule has 2 atom stereocenters. The summed E-state index contributed by atoms with van der Waals surface area (Å²) < 4.78 is 11.9. The lowest BCUT2D eigenvalue weighted by molar-refractivity contribution is -0.139. The minimum atomic E-state index is -0.830. The maximum atomic E-state index is 12.9. The van der Waals surface area contributed by atoms with Gasteiger partial charge in [-0.3, -0.25) is 4.79 Å². The van der Waals surface area contributed by atoms with Gasteiger partial charge in [-0.25, -0.2) is 0 Å². The predicted octanol–water partition coefficient (Wildman–Crippen LogP) is 5.55. The van der Waals surface area contributed by atoms with Gasteiger partial charge in [0.1, 0.15) is 11.4 Å². The molecular formula is C22H31NO3. The number of hydrogen-bond donors (Lipinski definition) is 1. The number of carbonyl (C=O) groups is 1. The molecule has 0 aliphatic carbocycles. The first-order valence-corrected chi connectivity index (χ1v) is 9.59. The molecule has 0 aromatic heterocycles. The highest BCUT2D eigenvalue weighted by Crippen LogP contribution is 2.33. The lowest BCUT2D eigenvalue weighted by Gasteiger charge is -2.27. The van der Waals surface area contributed by atoms with Crippen LogP contribution in [0.2, 0.25) is 0 Å². The van der Waals surface area contributed by atoms with E-state index in [0.29, 0.717) is 13.0 Å². The first-order valence-electron chi connectivity index (χ1n) is 9.59. The van der Waals surface area contributed by atoms with Crippen LogP contribution in [0.15, 0.2) is 36.4 Å². The summed E-state index contributed by atoms with van der Waals surface area (Å²) in [5.74, 6) is 0.725. The van der Waals surface area contributed by atoms with Crippen LogP contribution < -0.4 is 10.1 Å². The fourth-order valence-corrected chi connectivity index (χ4v) is 2.69. The summed E-state index contributed by atoms with van der Waals surface area (Å²) in [4.78, 5) is 12.9. The monoisotopic (exact) mass is 357 g/mol. The van der Waals surface area contributed by atoms with Gasteiger partial charge in [-0.15, -0.1) is 0 Å². The Labute approximate surface area is 156 Å². The van der Waals surface area contributed by atoms with Gasteiger partial charge >= 0.3 is 0 Å². The van der Waals surface area contributed by atoms with E-state index in [2.05, 4.69) is 19.2 Å². The molecule has 2 rings (SSSR count). The third-order valence-corrected chi connectivity index (χ3v) is 4.82. The molecule has 0 heterocycles. The summed E-state index contributed by atoms with van der Waals surface area (Å²) in [5.41, 5.74) is -0.0508. The van der Waals surface area contributed by atoms with Gasteiger partial charge in [0.2, 0.25) is 0 Å². The summed E-state index contributed by atoms with van der Waals surface area (Å²) in [5, 5.41) is 5.03. The van der Waals surface area contributed by atoms with Crippen molar-refractivity contribution in [1.29, 1.82) is 0 Å². The summed E-state index contributed by atoms with van der Waals surface area (Å²) >= 11 is 0. The Balaban J connectivity index is 2.33. The molecule has 1 N–H and O–H groups in total. The summed E-state index contributed by atoms with van der Waals surface area (Å²) in [6.07, 6.45) is 2.58. The lowest BCUT2D eigenvalue weighted by atomic mass is 10.0. The number of fused-ring (bicyclic) bond motifs is 1. The van der Waals surface area contributed by atoms with Crippen molar-refractivity contribution in [3.8, 4) is 5.75 Å². The number of hydrogen-bond acceptors (Lipinski definition) is 3. The second kappa shape index (κ2) is 9.04. The first-order chi connectivity index (χ1) is 12.4. The van der Waals surface area contributed by atoms with Gasteiger partial charge in [0, 0.05) is 23.1 Å². The minimum Gasteiger partial charge on any atom is -0.490 e. The molecule has 0 unspecified atom stereocenters. The van der Waals surface area contributed by atoms with Gasteiger partial charge in [-0.05, 0) is 45.2 Å². The lowest BCUT2D eigenvalue weighted by Crippen LogP contribution is -2.42. The molecule has 2 aromatic rings. The molecular weight excluding hydrogens is 326 g/mol. The predicted molar refractivity (Wildman–Crippen MR) is 108 cm³/mol. The molecule has 142 valence electrons. The Morgan fingerprint density at radius 3 is 2.42 bits per heavy atom. The highest BCUT2D eigenvalue weighted by atomic mass is 16.5. The Hall–Kier alpha value is -2.07. The van der Waals surface area contributed by atoms with Gasteiger partial charge in [-0.1, -0.05) is 45.0 Å². The average Bonchev–Trinajstić information content (AvgIpc) is 2.67. The number of carbonyl (C=O) groups excluding carboxylic acids is 1. The van der Waals surface area contributed by atoms with Gasteiger partial charge in [-0.2, -0.15) is 0 Å². The molecule has 0 radical (unpaired) electrons. The Morgan fingerprint density at radius 1 is 1.12 bits per heavy atom. The maximum absolute atomic E-state index is 12.9. The highest BCUT2D eigenvalue weighted by molar-refractivity contribution is 6.06. The molecule has 1 amide bonds. The minimum absolute atomic E-state index is 0.116. The van der Waals surface area contributed by atoms with Crippen LogP contribution in [0, 0.1) is 0 Å². The number of rotatable bonds is 9. The van der Waals surface area contributed by atoms with Crippen LogP contribution in [-0.4, -0.2) is 24.2 Å². The number of anilines is 1. The standard InChI is InChI=1S/C22H31NO3/c1-6-15-25-22(5,8-3)21(24)23-19-13-14-20(26-16(4)7-2)18-12-10-9-11-17(18)19/h9-14,16H,6-8,15H2,1-5H3,(H,23,24)/t16-,22+/m0/s1. The SMILES string of the molecule is CCCO[C@](C)(CC)C(=O)Nc1ccc(O[C@@H](C)CC)c2ccccc12. The van der Waals surface area contributed by atoms with Crippen molar-refractivity contribution in [2.75, 3.05) is 11.9 Å². The van der Waals surface area contributed by atoms with E-state index in [0.717, 1.165) is 35.1 Å². The zero-order valence-corrected chi connectivity index (χ0v) is 16.6. The van der Waals surface area contributed by atoms with Crippen LogP contribution in [0.4, 0.5) is 5.69 Å². The van der Waals surface area contributed by atoms with Crippen molar-refractivity contribution in [1.82, 2.24) is 0 Å². The fraction of sp³-hybridized carbons (Fsp3) is 0.500. The largest absolute Gasteiger partial charge is 0.490 e. The van der Waals surface area contributed by atoms with Crippen molar-refractivity contribution in [2.24, 2.45) is 0 Å². The van der Waals surface area contributed by atoms with Crippen LogP contribution in [0.5, 0.6) is 5.75 Å². The van der Waals surface area contributed by atoms with Crippen LogP contribution in [0.3, 0.4) is 0 Å². The van der Waals surface area contributed by atoms with Crippen molar-refractivity contribution < 1.29 is 14.3 Å². The van der Waals surface area contributed by atoms with E-state index in [1.165, 1.54) is 0 Å². The van der Waals surface area contributed by atoms with Crippen molar-refractivity contribution >= 4 is 22.4 Å². The van der Waals surface area contributed by atoms with Gasteiger partial charge in [0.15, 0.2) is 0 Å². The first kappa shape index (κ1) is 20.2. The molecule has 0 saturated heterocycles. The summed E-state index contributed by atoms with van der Waals surface area (Å²) in [6.45, 7) is 10.6. The second-order valence-electron chi connectivity index (χ2n) is 6.88. The molecule has 0 saturated carbocycles. The Morgan fingerprint density at radius 2 is 1.81 bits per heavy atom. The maximum Gasteiger partial charge on any atom is 0.256 e. The zero-order valence-electron chi connectivity index (χ0n) is 16.6. The number of nitrogens with one attached hydrogen (secondary N) is 1. The van der Waals surface area contributed by atoms with E-state index in [1.807, 2.05) is 57.2 Å². The quantitative estimate of drug-likeness (QED) is 0.640. The van der Waals surface area contributed by atoms with Crippen LogP contribution in [0.25, 0.3) is 10.8 Å². The number of benzene rings is 2. The van der Waals surface area contributed by atoms with E-state index < -0.39 is 5.60 Å². The molecule has 0 fully saturated rings. The van der Waals surface area contributed by atoms with Gasteiger partial charge < -0.3 is 14.8 Å². The van der Waals surface area contributed by atoms with Crippen molar-refractivity contribution in [3.05, 3.63) is 36.4 Å². The van der Waals surface area contributed by atoms with Crippen LogP contribution in [-0.2, 0) is 9.53 Å². The van der Waals surface area contributed by atoms with Gasteiger partial charge in [0.25, 0.3) is 5.91 Å². The third-order valence-electron chi connectivity index (χ3n) is 4.82. The van der Waals surface area contributed by atoms with E-state index in [1.54, 1.807) is 0 Å². The van der Waals surface area contributed by atoms with Crippen molar-refractivity contribution in [3.63, 3.8) is 0 Å². The summed E-state index contributed by atoms with van der Waals surface area (Å²) in [6, 6.07) is 11.8. The summed E-state index contributed by atoms with van der Waals surface area (Å²) in [7, 11) is 0. The molecule has 4 nitrogen and oxygen atoms in total.